The summed E-state index contributed by atoms with van der Waals surface area (Å²) in [5.74, 6) is 6.70. The van der Waals surface area contributed by atoms with Crippen molar-refractivity contribution in [2.24, 2.45) is 5.84 Å². The maximum atomic E-state index is 5.79. The molecule has 0 saturated carbocycles. The Labute approximate surface area is 118 Å². The summed E-state index contributed by atoms with van der Waals surface area (Å²) in [5, 5.41) is 1.11. The molecular weight excluding hydrogens is 250 g/mol. The minimum atomic E-state index is -0.123. The molecule has 3 N–H and O–H groups in total. The maximum absolute atomic E-state index is 5.79. The Bertz CT molecular complexity index is 651. The van der Waals surface area contributed by atoms with Gasteiger partial charge >= 0.3 is 0 Å². The van der Waals surface area contributed by atoms with E-state index in [0.717, 1.165) is 47.4 Å². The fourth-order valence-electron chi connectivity index (χ4n) is 2.68. The van der Waals surface area contributed by atoms with Gasteiger partial charge in [0.2, 0.25) is 0 Å². The molecule has 1 atom stereocenters. The van der Waals surface area contributed by atoms with Crippen LogP contribution in [0.1, 0.15) is 30.1 Å². The fraction of sp³-hybridized carbons (Fsp3) is 0.312. The van der Waals surface area contributed by atoms with Crippen molar-refractivity contribution >= 4 is 10.9 Å². The standard InChI is InChI=1S/C16H19N3O/c1-11-10-13(12-6-2-3-7-14(12)18-11)16(19-17)15-8-4-5-9-20-15/h2-3,6-8,10,16,19H,4-5,9,17H2,1H3. The van der Waals surface area contributed by atoms with Gasteiger partial charge in [-0.1, -0.05) is 18.2 Å². The molecule has 0 amide bonds. The number of nitrogens with two attached hydrogens (primary N) is 1. The number of fused-ring (bicyclic) bond motifs is 1. The summed E-state index contributed by atoms with van der Waals surface area (Å²) in [6.45, 7) is 2.76. The molecule has 0 aliphatic carbocycles. The Kier molecular flexibility index (Phi) is 3.67. The number of nitrogens with one attached hydrogen (secondary N) is 1. The number of benzene rings is 1. The Hall–Kier alpha value is -1.91. The van der Waals surface area contributed by atoms with Gasteiger partial charge in [-0.3, -0.25) is 10.8 Å². The molecule has 4 heteroatoms. The topological polar surface area (TPSA) is 60.2 Å². The molecule has 4 nitrogen and oxygen atoms in total. The number of ether oxygens (including phenoxy) is 1. The molecule has 2 heterocycles. The van der Waals surface area contributed by atoms with Crippen LogP contribution in [-0.2, 0) is 4.74 Å². The molecule has 0 fully saturated rings. The number of hydrogen-bond acceptors (Lipinski definition) is 4. The van der Waals surface area contributed by atoms with Crippen molar-refractivity contribution in [1.29, 1.82) is 0 Å². The first-order valence-corrected chi connectivity index (χ1v) is 6.95. The van der Waals surface area contributed by atoms with Crippen molar-refractivity contribution in [3.05, 3.63) is 53.4 Å². The van der Waals surface area contributed by atoms with Crippen LogP contribution in [0, 0.1) is 6.92 Å². The van der Waals surface area contributed by atoms with E-state index in [1.165, 1.54) is 0 Å². The summed E-state index contributed by atoms with van der Waals surface area (Å²) in [6.07, 6.45) is 4.23. The van der Waals surface area contributed by atoms with Crippen LogP contribution in [0.4, 0.5) is 0 Å². The zero-order valence-electron chi connectivity index (χ0n) is 11.6. The average Bonchev–Trinajstić information content (AvgIpc) is 2.49. The molecule has 1 aliphatic heterocycles. The Balaban J connectivity index is 2.13. The van der Waals surface area contributed by atoms with Crippen molar-refractivity contribution in [3.63, 3.8) is 0 Å². The highest BCUT2D eigenvalue weighted by Gasteiger charge is 2.21. The van der Waals surface area contributed by atoms with E-state index in [4.69, 9.17) is 10.6 Å². The highest BCUT2D eigenvalue weighted by atomic mass is 16.5. The number of hydrazine groups is 1. The van der Waals surface area contributed by atoms with Gasteiger partial charge in [-0.15, -0.1) is 0 Å². The lowest BCUT2D eigenvalue weighted by atomic mass is 9.98. The van der Waals surface area contributed by atoms with E-state index in [1.54, 1.807) is 0 Å². The van der Waals surface area contributed by atoms with Gasteiger partial charge in [0.25, 0.3) is 0 Å². The second kappa shape index (κ2) is 5.61. The summed E-state index contributed by atoms with van der Waals surface area (Å²) in [6, 6.07) is 10.1. The predicted molar refractivity (Wildman–Crippen MR) is 79.8 cm³/mol. The Morgan fingerprint density at radius 1 is 1.35 bits per heavy atom. The van der Waals surface area contributed by atoms with E-state index >= 15 is 0 Å². The number of rotatable bonds is 3. The number of para-hydroxylation sites is 1. The van der Waals surface area contributed by atoms with Gasteiger partial charge in [-0.2, -0.15) is 0 Å². The Morgan fingerprint density at radius 2 is 2.20 bits per heavy atom. The molecule has 20 heavy (non-hydrogen) atoms. The summed E-state index contributed by atoms with van der Waals surface area (Å²) in [7, 11) is 0. The molecule has 0 spiro atoms. The molecule has 0 radical (unpaired) electrons. The van der Waals surface area contributed by atoms with Crippen molar-refractivity contribution < 1.29 is 4.74 Å². The van der Waals surface area contributed by atoms with Crippen LogP contribution in [0.3, 0.4) is 0 Å². The molecule has 1 unspecified atom stereocenters. The average molecular weight is 269 g/mol. The fourth-order valence-corrected chi connectivity index (χ4v) is 2.68. The number of aromatic nitrogens is 1. The third-order valence-electron chi connectivity index (χ3n) is 3.60. The van der Waals surface area contributed by atoms with Crippen LogP contribution in [0.5, 0.6) is 0 Å². The van der Waals surface area contributed by atoms with Gasteiger partial charge in [0, 0.05) is 11.1 Å². The van der Waals surface area contributed by atoms with Gasteiger partial charge in [-0.25, -0.2) is 5.43 Å². The third-order valence-corrected chi connectivity index (χ3v) is 3.60. The largest absolute Gasteiger partial charge is 0.496 e. The number of aryl methyl sites for hydroxylation is 1. The first kappa shape index (κ1) is 13.1. The van der Waals surface area contributed by atoms with Gasteiger partial charge in [0.1, 0.15) is 11.8 Å². The van der Waals surface area contributed by atoms with Gasteiger partial charge < -0.3 is 4.74 Å². The predicted octanol–water partition coefficient (Wildman–Crippen LogP) is 2.74. The molecule has 1 aromatic carbocycles. The zero-order chi connectivity index (χ0) is 13.9. The van der Waals surface area contributed by atoms with Crippen LogP contribution >= 0.6 is 0 Å². The first-order chi connectivity index (χ1) is 9.79. The summed E-state index contributed by atoms with van der Waals surface area (Å²) >= 11 is 0. The minimum Gasteiger partial charge on any atom is -0.496 e. The zero-order valence-corrected chi connectivity index (χ0v) is 11.6. The van der Waals surface area contributed by atoms with E-state index in [2.05, 4.69) is 28.6 Å². The summed E-state index contributed by atoms with van der Waals surface area (Å²) < 4.78 is 5.77. The van der Waals surface area contributed by atoms with Crippen LogP contribution in [-0.4, -0.2) is 11.6 Å². The van der Waals surface area contributed by atoms with Crippen molar-refractivity contribution in [3.8, 4) is 0 Å². The summed E-state index contributed by atoms with van der Waals surface area (Å²) in [5.41, 5.74) is 5.97. The number of pyridine rings is 1. The SMILES string of the molecule is Cc1cc(C(NN)C2=CCCCO2)c2ccccc2n1. The van der Waals surface area contributed by atoms with E-state index < -0.39 is 0 Å². The normalized spacial score (nSPS) is 16.6. The molecule has 1 aliphatic rings. The van der Waals surface area contributed by atoms with Crippen molar-refractivity contribution in [2.45, 2.75) is 25.8 Å². The van der Waals surface area contributed by atoms with Crippen LogP contribution in [0.15, 0.2) is 42.2 Å². The van der Waals surface area contributed by atoms with E-state index in [-0.39, 0.29) is 6.04 Å². The lowest BCUT2D eigenvalue weighted by Gasteiger charge is -2.24. The number of allylic oxidation sites excluding steroid dienone is 1. The molecule has 104 valence electrons. The minimum absolute atomic E-state index is 0.123. The highest BCUT2D eigenvalue weighted by molar-refractivity contribution is 5.83. The quantitative estimate of drug-likeness (QED) is 0.664. The van der Waals surface area contributed by atoms with Gasteiger partial charge in [-0.05, 0) is 43.5 Å². The summed E-state index contributed by atoms with van der Waals surface area (Å²) in [4.78, 5) is 4.57. The van der Waals surface area contributed by atoms with Crippen molar-refractivity contribution in [2.75, 3.05) is 6.61 Å². The molecule has 2 aromatic rings. The molecule has 3 rings (SSSR count). The number of nitrogens with zero attached hydrogens (tertiary/aromatic N) is 1. The lowest BCUT2D eigenvalue weighted by molar-refractivity contribution is 0.168. The van der Waals surface area contributed by atoms with Crippen molar-refractivity contribution in [1.82, 2.24) is 10.4 Å². The molecule has 0 bridgehead atoms. The number of hydrogen-bond donors (Lipinski definition) is 2. The Morgan fingerprint density at radius 3 is 2.95 bits per heavy atom. The second-order valence-corrected chi connectivity index (χ2v) is 5.07. The van der Waals surface area contributed by atoms with Crippen LogP contribution in [0.25, 0.3) is 10.9 Å². The first-order valence-electron chi connectivity index (χ1n) is 6.95. The van der Waals surface area contributed by atoms with E-state index in [1.807, 2.05) is 25.1 Å². The highest BCUT2D eigenvalue weighted by Crippen LogP contribution is 2.30. The van der Waals surface area contributed by atoms with Gasteiger partial charge in [0.15, 0.2) is 0 Å². The molecule has 1 aromatic heterocycles. The maximum Gasteiger partial charge on any atom is 0.115 e. The van der Waals surface area contributed by atoms with Crippen LogP contribution in [0.2, 0.25) is 0 Å². The lowest BCUT2D eigenvalue weighted by Crippen LogP contribution is -2.31. The van der Waals surface area contributed by atoms with Crippen LogP contribution < -0.4 is 11.3 Å². The van der Waals surface area contributed by atoms with Gasteiger partial charge in [0.05, 0.1) is 12.1 Å². The third kappa shape index (κ3) is 2.40. The van der Waals surface area contributed by atoms with E-state index in [9.17, 15) is 0 Å². The second-order valence-electron chi connectivity index (χ2n) is 5.07. The molecule has 0 saturated heterocycles. The monoisotopic (exact) mass is 269 g/mol. The molecular formula is C16H19N3O. The van der Waals surface area contributed by atoms with E-state index in [0.29, 0.717) is 0 Å². The smallest absolute Gasteiger partial charge is 0.115 e.